The Morgan fingerprint density at radius 3 is 1.33 bits per heavy atom. The van der Waals surface area contributed by atoms with Gasteiger partial charge in [0.25, 0.3) is 0 Å². The number of aromatic hydroxyl groups is 1. The summed E-state index contributed by atoms with van der Waals surface area (Å²) < 4.78 is 18.3. The molecule has 11 nitrogen and oxygen atoms in total. The fraction of sp³-hybridized carbons (Fsp3) is 0. The van der Waals surface area contributed by atoms with Gasteiger partial charge in [-0.1, -0.05) is 42.5 Å². The summed E-state index contributed by atoms with van der Waals surface area (Å²) in [4.78, 5) is 42.9. The first-order valence-electron chi connectivity index (χ1n) is 20.0. The molecule has 7 aromatic heterocycles. The molecule has 0 amide bonds. The van der Waals surface area contributed by atoms with Crippen LogP contribution in [-0.4, -0.2) is 70.8 Å². The highest BCUT2D eigenvalue weighted by atomic mass is 36.0. The number of thiophene rings is 4. The van der Waals surface area contributed by atoms with Gasteiger partial charge >= 0.3 is 8.26 Å². The van der Waals surface area contributed by atoms with Gasteiger partial charge in [0, 0.05) is 84.8 Å². The van der Waals surface area contributed by atoms with E-state index in [0.29, 0.717) is 62.2 Å². The van der Waals surface area contributed by atoms with E-state index in [4.69, 9.17) is 38.3 Å². The molecule has 4 aromatic carbocycles. The third kappa shape index (κ3) is 8.05. The number of phenols is 1. The van der Waals surface area contributed by atoms with Crippen LogP contribution in [0.15, 0.2) is 137 Å². The summed E-state index contributed by atoms with van der Waals surface area (Å²) in [6.45, 7) is 0. The molecule has 13 rings (SSSR count). The molecule has 2 aliphatic rings. The Balaban J connectivity index is 0.000000785. The van der Waals surface area contributed by atoms with E-state index in [1.54, 1.807) is 45.3 Å². The number of hydrogen-bond acceptors (Lipinski definition) is 13. The zero-order valence-corrected chi connectivity index (χ0v) is 39.1. The number of aromatic amines is 2. The summed E-state index contributed by atoms with van der Waals surface area (Å²) in [6.07, 6.45) is 0. The molecule has 326 valence electrons. The highest BCUT2D eigenvalue weighted by molar-refractivity contribution is 8.31. The largest absolute Gasteiger partial charge is 0.506 e. The molecule has 67 heavy (non-hydrogen) atoms. The van der Waals surface area contributed by atoms with Crippen LogP contribution in [0.3, 0.4) is 0 Å². The minimum Gasteiger partial charge on any atom is -0.506 e. The van der Waals surface area contributed by atoms with E-state index < -0.39 is 8.26 Å². The molecule has 0 radical (unpaired) electrons. The smallest absolute Gasteiger partial charge is 0.317 e. The lowest BCUT2D eigenvalue weighted by molar-refractivity contribution is 0.484. The van der Waals surface area contributed by atoms with Gasteiger partial charge in [0.1, 0.15) is 28.3 Å². The number of rotatable bonds is 4. The van der Waals surface area contributed by atoms with Crippen molar-refractivity contribution < 1.29 is 13.5 Å². The van der Waals surface area contributed by atoms with E-state index >= 15 is 0 Å². The number of fused-ring (bicyclic) bond motifs is 20. The molecule has 3 N–H and O–H groups in total. The van der Waals surface area contributed by atoms with E-state index in [1.165, 1.54) is 0 Å². The van der Waals surface area contributed by atoms with E-state index in [2.05, 4.69) is 138 Å². The molecule has 0 atom stereocenters. The minimum absolute atomic E-state index is 0. The molecule has 0 saturated carbocycles. The SMILES string of the molecule is O=S(=O)(Cl)Cl.Oc1c(-c2cccs2)ccc2c3nc4nc(nc5[nH]c(nc6nc(nc([nH]3)c12)-c1ccc(-c2cccs2)cc1-6)c1ccc(-c2cccs2)cc51)-c1ccc(-c2cccs2)cc1-4.[AlH3]. The summed E-state index contributed by atoms with van der Waals surface area (Å²) in [7, 11) is 4.81. The molecular formula is C48H29AlCl2N8O3S5. The Labute approximate surface area is 416 Å². The van der Waals surface area contributed by atoms with Crippen LogP contribution in [0.25, 0.3) is 131 Å². The number of nitrogens with one attached hydrogen (secondary N) is 2. The molecular weight excluding hydrogens is 995 g/mol. The number of hydrogen-bond donors (Lipinski definition) is 3. The lowest BCUT2D eigenvalue weighted by Gasteiger charge is -2.04. The Morgan fingerprint density at radius 1 is 0.433 bits per heavy atom. The van der Waals surface area contributed by atoms with Crippen molar-refractivity contribution in [3.8, 4) is 93.1 Å². The summed E-state index contributed by atoms with van der Waals surface area (Å²) in [5, 5.41) is 23.4. The number of aromatic nitrogens is 8. The first kappa shape index (κ1) is 43.5. The van der Waals surface area contributed by atoms with Gasteiger partial charge in [-0.25, -0.2) is 29.9 Å². The van der Waals surface area contributed by atoms with Crippen LogP contribution in [0.4, 0.5) is 0 Å². The summed E-state index contributed by atoms with van der Waals surface area (Å²) in [6, 6.07) is 39.5. The van der Waals surface area contributed by atoms with E-state index in [0.717, 1.165) is 69.2 Å². The van der Waals surface area contributed by atoms with Gasteiger partial charge in [0.2, 0.25) is 0 Å². The number of H-pyrrole nitrogens is 2. The summed E-state index contributed by atoms with van der Waals surface area (Å²) >= 11 is 6.63. The summed E-state index contributed by atoms with van der Waals surface area (Å²) in [5.41, 5.74) is 9.50. The second-order valence-corrected chi connectivity index (χ2v) is 22.5. The van der Waals surface area contributed by atoms with Crippen molar-refractivity contribution >= 4 is 136 Å². The van der Waals surface area contributed by atoms with Crippen LogP contribution in [0.2, 0.25) is 0 Å². The standard InChI is InChI=1S/C48H26N8OS4.Al.Cl2O2S.3H/c57-40-30(38-8-4-20-61-38)15-16-31-39(40)48-55-43-29-14-11-26(37-7-3-19-60-37)23-34(29)46(53-43)51-41-27-12-9-24(35-5-1-17-58-35)21-32(27)45(49-41)50-42-28-13-10-25(36-6-2-18-59-36)22-33(28)47(52-42)54-44(31)56-48;;1-5(2,3)4;;;/h1-23,57H,(H2,49,50,51,52,53,54,55,56);;;;;. The van der Waals surface area contributed by atoms with Crippen molar-refractivity contribution in [2.24, 2.45) is 0 Å². The van der Waals surface area contributed by atoms with Crippen molar-refractivity contribution in [2.75, 3.05) is 0 Å². The molecule has 0 aliphatic carbocycles. The fourth-order valence-corrected chi connectivity index (χ4v) is 11.2. The van der Waals surface area contributed by atoms with Crippen molar-refractivity contribution in [1.29, 1.82) is 0 Å². The van der Waals surface area contributed by atoms with Gasteiger partial charge in [-0.3, -0.25) is 0 Å². The Morgan fingerprint density at radius 2 is 0.821 bits per heavy atom. The zero-order valence-electron chi connectivity index (χ0n) is 33.5. The van der Waals surface area contributed by atoms with Crippen LogP contribution in [-0.2, 0) is 8.26 Å². The molecule has 0 spiro atoms. The molecule has 11 aromatic rings. The Hall–Kier alpha value is -6.10. The first-order chi connectivity index (χ1) is 32.1. The maximum atomic E-state index is 12.1. The third-order valence-corrected chi connectivity index (χ3v) is 14.8. The van der Waals surface area contributed by atoms with E-state index in [1.807, 2.05) is 29.6 Å². The van der Waals surface area contributed by atoms with Crippen LogP contribution in [0, 0.1) is 0 Å². The quantitative estimate of drug-likeness (QED) is 0.115. The normalized spacial score (nSPS) is 11.8. The Bertz CT molecular complexity index is 3960. The van der Waals surface area contributed by atoms with Crippen molar-refractivity contribution in [3.63, 3.8) is 0 Å². The molecule has 8 bridgehead atoms. The molecule has 0 saturated heterocycles. The monoisotopic (exact) mass is 1020 g/mol. The predicted molar refractivity (Wildman–Crippen MR) is 282 cm³/mol. The molecule has 0 unspecified atom stereocenters. The Kier molecular flexibility index (Phi) is 11.2. The lowest BCUT2D eigenvalue weighted by Crippen LogP contribution is -1.84. The highest BCUT2D eigenvalue weighted by Crippen LogP contribution is 2.44. The van der Waals surface area contributed by atoms with Gasteiger partial charge in [-0.15, -0.1) is 45.3 Å². The third-order valence-electron chi connectivity index (χ3n) is 11.2. The lowest BCUT2D eigenvalue weighted by atomic mass is 10.0. The van der Waals surface area contributed by atoms with Gasteiger partial charge in [-0.05, 0) is 111 Å². The number of benzene rings is 4. The highest BCUT2D eigenvalue weighted by Gasteiger charge is 2.25. The molecule has 19 heteroatoms. The topological polar surface area (TPSA) is 163 Å². The minimum atomic E-state index is -3.72. The second-order valence-electron chi connectivity index (χ2n) is 15.1. The average Bonchev–Trinajstić information content (AvgIpc) is 4.16. The van der Waals surface area contributed by atoms with E-state index in [9.17, 15) is 5.11 Å². The van der Waals surface area contributed by atoms with Crippen LogP contribution in [0.1, 0.15) is 0 Å². The van der Waals surface area contributed by atoms with E-state index in [-0.39, 0.29) is 23.1 Å². The first-order valence-corrected chi connectivity index (χ1v) is 26.7. The number of nitrogens with zero attached hydrogens (tertiary/aromatic N) is 6. The van der Waals surface area contributed by atoms with Crippen molar-refractivity contribution in [3.05, 3.63) is 137 Å². The van der Waals surface area contributed by atoms with Gasteiger partial charge < -0.3 is 15.1 Å². The maximum absolute atomic E-state index is 12.1. The van der Waals surface area contributed by atoms with Crippen LogP contribution >= 0.6 is 66.7 Å². The van der Waals surface area contributed by atoms with Gasteiger partial charge in [0.05, 0.1) is 5.39 Å². The van der Waals surface area contributed by atoms with Crippen LogP contribution < -0.4 is 0 Å². The second kappa shape index (κ2) is 17.2. The predicted octanol–water partition coefficient (Wildman–Crippen LogP) is 13.0. The zero-order chi connectivity index (χ0) is 44.7. The van der Waals surface area contributed by atoms with Gasteiger partial charge in [-0.2, -0.15) is 8.42 Å². The number of phenolic OH excluding ortho intramolecular Hbond substituents is 1. The molecule has 2 aliphatic heterocycles. The molecule has 0 fully saturated rings. The van der Waals surface area contributed by atoms with Crippen LogP contribution in [0.5, 0.6) is 5.75 Å². The van der Waals surface area contributed by atoms with Crippen molar-refractivity contribution in [1.82, 2.24) is 39.9 Å². The van der Waals surface area contributed by atoms with Crippen molar-refractivity contribution in [2.45, 2.75) is 0 Å². The summed E-state index contributed by atoms with van der Waals surface area (Å²) in [5.74, 6) is 2.11. The fourth-order valence-electron chi connectivity index (χ4n) is 8.29. The number of halogens is 2. The average molecular weight is 1020 g/mol. The maximum Gasteiger partial charge on any atom is 0.317 e. The molecule has 9 heterocycles. The van der Waals surface area contributed by atoms with Gasteiger partial charge in [0.15, 0.2) is 40.7 Å².